The Morgan fingerprint density at radius 2 is 1.38 bits per heavy atom. The maximum Gasteiger partial charge on any atom is 0.407 e. The zero-order chi connectivity index (χ0) is 25.5. The molecular weight excluding hydrogens is 438 g/mol. The summed E-state index contributed by atoms with van der Waals surface area (Å²) in [6.45, 7) is 20.0. The Morgan fingerprint density at radius 1 is 0.853 bits per heavy atom. The van der Waals surface area contributed by atoms with Crippen LogP contribution in [-0.2, 0) is 11.2 Å². The monoisotopic (exact) mass is 483 g/mol. The molecule has 34 heavy (non-hydrogen) atoms. The van der Waals surface area contributed by atoms with Crippen LogP contribution in [0.25, 0.3) is 0 Å². The molecule has 0 aliphatic rings. The molecule has 0 fully saturated rings. The minimum Gasteiger partial charge on any atom is -0.543 e. The Kier molecular flexibility index (Phi) is 9.81. The minimum absolute atomic E-state index is 0.131. The van der Waals surface area contributed by atoms with E-state index in [-0.39, 0.29) is 12.0 Å². The summed E-state index contributed by atoms with van der Waals surface area (Å²) < 4.78 is 12.3. The van der Waals surface area contributed by atoms with Crippen molar-refractivity contribution in [2.75, 3.05) is 6.54 Å². The summed E-state index contributed by atoms with van der Waals surface area (Å²) in [6, 6.07) is 18.9. The first-order valence-corrected chi connectivity index (χ1v) is 14.8. The fourth-order valence-corrected chi connectivity index (χ4v) is 10.3. The summed E-state index contributed by atoms with van der Waals surface area (Å²) in [5, 5.41) is 2.97. The number of ether oxygens (including phenoxy) is 1. The van der Waals surface area contributed by atoms with Crippen molar-refractivity contribution in [1.82, 2.24) is 5.32 Å². The third kappa shape index (κ3) is 7.62. The van der Waals surface area contributed by atoms with E-state index in [1.165, 1.54) is 11.1 Å². The van der Waals surface area contributed by atoms with Gasteiger partial charge in [-0.15, -0.1) is 0 Å². The highest BCUT2D eigenvalue weighted by atomic mass is 28.4. The van der Waals surface area contributed by atoms with E-state index in [4.69, 9.17) is 9.16 Å². The van der Waals surface area contributed by atoms with Crippen molar-refractivity contribution < 1.29 is 14.0 Å². The van der Waals surface area contributed by atoms with Gasteiger partial charge < -0.3 is 14.5 Å². The summed E-state index contributed by atoms with van der Waals surface area (Å²) in [6.07, 6.45) is 0.451. The van der Waals surface area contributed by atoms with E-state index in [9.17, 15) is 4.79 Å². The molecule has 0 heterocycles. The summed E-state index contributed by atoms with van der Waals surface area (Å²) in [4.78, 5) is 12.3. The van der Waals surface area contributed by atoms with Gasteiger partial charge in [-0.05, 0) is 67.1 Å². The van der Waals surface area contributed by atoms with Crippen molar-refractivity contribution in [3.8, 4) is 5.75 Å². The lowest BCUT2D eigenvalue weighted by Crippen LogP contribution is -2.50. The molecule has 0 spiro atoms. The van der Waals surface area contributed by atoms with Crippen LogP contribution in [0.2, 0.25) is 16.6 Å². The summed E-state index contributed by atoms with van der Waals surface area (Å²) >= 11 is 0. The highest BCUT2D eigenvalue weighted by Gasteiger charge is 2.46. The van der Waals surface area contributed by atoms with Gasteiger partial charge in [-0.25, -0.2) is 4.79 Å². The maximum absolute atomic E-state index is 12.3. The zero-order valence-corrected chi connectivity index (χ0v) is 23.6. The first-order valence-electron chi connectivity index (χ1n) is 12.6. The Balaban J connectivity index is 2.24. The van der Waals surface area contributed by atoms with Crippen LogP contribution in [0.15, 0.2) is 54.6 Å². The maximum atomic E-state index is 12.3. The lowest BCUT2D eigenvalue weighted by molar-refractivity contribution is 0.0524. The van der Waals surface area contributed by atoms with E-state index in [1.54, 1.807) is 0 Å². The highest BCUT2D eigenvalue weighted by Crippen LogP contribution is 2.42. The lowest BCUT2D eigenvalue weighted by atomic mass is 9.92. The van der Waals surface area contributed by atoms with Crippen molar-refractivity contribution in [3.05, 3.63) is 65.7 Å². The van der Waals surface area contributed by atoms with Crippen LogP contribution in [0, 0.1) is 0 Å². The zero-order valence-electron chi connectivity index (χ0n) is 22.6. The van der Waals surface area contributed by atoms with Crippen molar-refractivity contribution in [2.24, 2.45) is 0 Å². The second-order valence-electron chi connectivity index (χ2n) is 11.3. The SMILES string of the molecule is CC(C)[Si](Oc1ccc(C(CNC(=O)OC(C)(C)C)Cc2ccccc2)cc1)(C(C)C)C(C)C. The predicted molar refractivity (Wildman–Crippen MR) is 145 cm³/mol. The van der Waals surface area contributed by atoms with Crippen molar-refractivity contribution in [1.29, 1.82) is 0 Å². The molecule has 1 unspecified atom stereocenters. The smallest absolute Gasteiger partial charge is 0.407 e. The fourth-order valence-electron chi connectivity index (χ4n) is 5.09. The first-order chi connectivity index (χ1) is 15.8. The van der Waals surface area contributed by atoms with E-state index in [2.05, 4.69) is 95.4 Å². The Hall–Kier alpha value is -2.27. The van der Waals surface area contributed by atoms with Gasteiger partial charge in [0.05, 0.1) is 0 Å². The molecule has 2 rings (SSSR count). The van der Waals surface area contributed by atoms with Gasteiger partial charge in [-0.2, -0.15) is 0 Å². The Bertz CT molecular complexity index is 864. The van der Waals surface area contributed by atoms with Crippen LogP contribution in [0.4, 0.5) is 4.79 Å². The summed E-state index contributed by atoms with van der Waals surface area (Å²) in [7, 11) is -2.00. The number of rotatable bonds is 10. The number of alkyl carbamates (subject to hydrolysis) is 1. The lowest BCUT2D eigenvalue weighted by Gasteiger charge is -2.42. The average Bonchev–Trinajstić information content (AvgIpc) is 2.74. The van der Waals surface area contributed by atoms with Gasteiger partial charge in [0.2, 0.25) is 0 Å². The number of hydrogen-bond donors (Lipinski definition) is 1. The molecule has 2 aromatic rings. The highest BCUT2D eigenvalue weighted by molar-refractivity contribution is 6.78. The molecule has 4 nitrogen and oxygen atoms in total. The van der Waals surface area contributed by atoms with Gasteiger partial charge in [0.25, 0.3) is 8.32 Å². The summed E-state index contributed by atoms with van der Waals surface area (Å²) in [5.41, 5.74) is 3.48. The topological polar surface area (TPSA) is 47.6 Å². The molecule has 5 heteroatoms. The number of benzene rings is 2. The van der Waals surface area contributed by atoms with Crippen LogP contribution in [0.1, 0.15) is 79.4 Å². The minimum atomic E-state index is -2.00. The number of nitrogens with one attached hydrogen (secondary N) is 1. The normalized spacial score (nSPS) is 13.3. The van der Waals surface area contributed by atoms with Gasteiger partial charge in [0.15, 0.2) is 0 Å². The van der Waals surface area contributed by atoms with Gasteiger partial charge in [-0.3, -0.25) is 0 Å². The second kappa shape index (κ2) is 11.9. The van der Waals surface area contributed by atoms with Gasteiger partial charge >= 0.3 is 6.09 Å². The molecule has 1 amide bonds. The third-order valence-electron chi connectivity index (χ3n) is 6.57. The molecule has 0 aliphatic heterocycles. The molecule has 2 aromatic carbocycles. The number of carbonyl (C=O) groups is 1. The van der Waals surface area contributed by atoms with E-state index in [0.717, 1.165) is 12.2 Å². The Morgan fingerprint density at radius 3 is 1.85 bits per heavy atom. The largest absolute Gasteiger partial charge is 0.543 e. The number of amides is 1. The molecule has 188 valence electrons. The van der Waals surface area contributed by atoms with Crippen LogP contribution < -0.4 is 9.74 Å². The Labute approximate surface area is 208 Å². The van der Waals surface area contributed by atoms with Crippen LogP contribution in [0.5, 0.6) is 5.75 Å². The average molecular weight is 484 g/mol. The molecule has 0 aliphatic carbocycles. The van der Waals surface area contributed by atoms with Crippen molar-refractivity contribution in [3.63, 3.8) is 0 Å². The summed E-state index contributed by atoms with van der Waals surface area (Å²) in [5.74, 6) is 1.08. The van der Waals surface area contributed by atoms with Gasteiger partial charge in [-0.1, -0.05) is 84.0 Å². The predicted octanol–water partition coefficient (Wildman–Crippen LogP) is 8.09. The standard InChI is InChI=1S/C29H45NO3Si/c1-21(2)34(22(3)4,23(5)6)33-27-17-15-25(16-18-27)26(19-24-13-11-10-12-14-24)20-30-28(31)32-29(7,8)9/h10-18,21-23,26H,19-20H2,1-9H3,(H,30,31). The van der Waals surface area contributed by atoms with Gasteiger partial charge in [0.1, 0.15) is 11.4 Å². The molecule has 0 radical (unpaired) electrons. The van der Waals surface area contributed by atoms with Gasteiger partial charge in [0, 0.05) is 12.5 Å². The van der Waals surface area contributed by atoms with Crippen LogP contribution in [0.3, 0.4) is 0 Å². The molecule has 0 aromatic heterocycles. The van der Waals surface area contributed by atoms with E-state index >= 15 is 0 Å². The molecule has 0 saturated carbocycles. The van der Waals surface area contributed by atoms with Crippen LogP contribution >= 0.6 is 0 Å². The molecule has 1 atom stereocenters. The first kappa shape index (κ1) is 28.0. The van der Waals surface area contributed by atoms with E-state index < -0.39 is 13.9 Å². The fraction of sp³-hybridized carbons (Fsp3) is 0.552. The van der Waals surface area contributed by atoms with E-state index in [1.807, 2.05) is 26.8 Å². The van der Waals surface area contributed by atoms with Crippen molar-refractivity contribution in [2.45, 2.75) is 96.9 Å². The molecule has 1 N–H and O–H groups in total. The van der Waals surface area contributed by atoms with Crippen molar-refractivity contribution >= 4 is 14.4 Å². The second-order valence-corrected chi connectivity index (χ2v) is 16.6. The molecular formula is C29H45NO3Si. The quantitative estimate of drug-likeness (QED) is 0.347. The molecule has 0 bridgehead atoms. The van der Waals surface area contributed by atoms with E-state index in [0.29, 0.717) is 23.2 Å². The number of hydrogen-bond acceptors (Lipinski definition) is 3. The number of carbonyl (C=O) groups excluding carboxylic acids is 1. The van der Waals surface area contributed by atoms with Crippen LogP contribution in [-0.4, -0.2) is 26.6 Å². The third-order valence-corrected chi connectivity index (χ3v) is 12.6. The molecule has 0 saturated heterocycles.